The molecule has 4 nitrogen and oxygen atoms in total. The van der Waals surface area contributed by atoms with Crippen LogP contribution in [0.3, 0.4) is 0 Å². The quantitative estimate of drug-likeness (QED) is 0.849. The van der Waals surface area contributed by atoms with Crippen LogP contribution in [-0.4, -0.2) is 43.9 Å². The van der Waals surface area contributed by atoms with Crippen molar-refractivity contribution >= 4 is 0 Å². The predicted molar refractivity (Wildman–Crippen MR) is 94.8 cm³/mol. The summed E-state index contributed by atoms with van der Waals surface area (Å²) in [5.74, 6) is 1.86. The number of methoxy groups -OCH3 is 1. The molecular formula is C20H25NO3. The summed E-state index contributed by atoms with van der Waals surface area (Å²) >= 11 is 0. The minimum atomic E-state index is -0.00586. The lowest BCUT2D eigenvalue weighted by Crippen LogP contribution is -2.29. The van der Waals surface area contributed by atoms with Crippen LogP contribution in [0.5, 0.6) is 11.5 Å². The van der Waals surface area contributed by atoms with E-state index in [2.05, 4.69) is 30.1 Å². The van der Waals surface area contributed by atoms with Crippen LogP contribution in [-0.2, 0) is 12.8 Å². The summed E-state index contributed by atoms with van der Waals surface area (Å²) < 4.78 is 10.8. The van der Waals surface area contributed by atoms with Crippen molar-refractivity contribution in [3.05, 3.63) is 59.2 Å². The normalized spacial score (nSPS) is 14.3. The molecule has 0 saturated carbocycles. The molecule has 24 heavy (non-hydrogen) atoms. The van der Waals surface area contributed by atoms with Gasteiger partial charge < -0.3 is 14.6 Å². The molecule has 1 aliphatic rings. The van der Waals surface area contributed by atoms with Gasteiger partial charge in [0.2, 0.25) is 0 Å². The molecule has 0 amide bonds. The van der Waals surface area contributed by atoms with Crippen molar-refractivity contribution in [3.63, 3.8) is 0 Å². The van der Waals surface area contributed by atoms with Crippen LogP contribution in [0.2, 0.25) is 0 Å². The molecule has 0 radical (unpaired) electrons. The highest BCUT2D eigenvalue weighted by Gasteiger charge is 2.17. The first-order valence-electron chi connectivity index (χ1n) is 8.41. The van der Waals surface area contributed by atoms with Crippen molar-refractivity contribution in [1.29, 1.82) is 0 Å². The number of aliphatic hydroxyl groups is 1. The third kappa shape index (κ3) is 3.71. The lowest BCUT2D eigenvalue weighted by atomic mass is 10.0. The fraction of sp³-hybridized carbons (Fsp3) is 0.400. The Balaban J connectivity index is 1.62. The predicted octanol–water partition coefficient (Wildman–Crippen LogP) is 2.84. The van der Waals surface area contributed by atoms with Gasteiger partial charge in [-0.2, -0.15) is 0 Å². The first-order valence-corrected chi connectivity index (χ1v) is 8.41. The van der Waals surface area contributed by atoms with Crippen molar-refractivity contribution in [2.45, 2.75) is 18.9 Å². The van der Waals surface area contributed by atoms with Gasteiger partial charge in [0.15, 0.2) is 0 Å². The Hall–Kier alpha value is -2.04. The fourth-order valence-electron chi connectivity index (χ4n) is 3.18. The van der Waals surface area contributed by atoms with Gasteiger partial charge >= 0.3 is 0 Å². The minimum absolute atomic E-state index is 0.00586. The monoisotopic (exact) mass is 327 g/mol. The van der Waals surface area contributed by atoms with Gasteiger partial charge in [-0.1, -0.05) is 24.3 Å². The van der Waals surface area contributed by atoms with Crippen LogP contribution in [0, 0.1) is 0 Å². The highest BCUT2D eigenvalue weighted by atomic mass is 16.5. The Morgan fingerprint density at radius 3 is 2.71 bits per heavy atom. The Kier molecular flexibility index (Phi) is 5.38. The molecule has 4 heteroatoms. The standard InChI is InChI=1S/C20H25NO3/c1-21(19(14-22)16-4-6-18(23-2)7-5-16)11-9-15-3-8-20-17(13-15)10-12-24-20/h3-8,13,19,22H,9-12,14H2,1-2H3. The Morgan fingerprint density at radius 1 is 1.21 bits per heavy atom. The fourth-order valence-corrected chi connectivity index (χ4v) is 3.18. The van der Waals surface area contributed by atoms with E-state index in [-0.39, 0.29) is 12.6 Å². The summed E-state index contributed by atoms with van der Waals surface area (Å²) in [7, 11) is 3.72. The highest BCUT2D eigenvalue weighted by Crippen LogP contribution is 2.27. The molecule has 3 rings (SSSR count). The number of hydrogen-bond donors (Lipinski definition) is 1. The topological polar surface area (TPSA) is 41.9 Å². The van der Waals surface area contributed by atoms with Crippen molar-refractivity contribution in [3.8, 4) is 11.5 Å². The first kappa shape index (κ1) is 16.8. The molecule has 0 aromatic heterocycles. The molecule has 1 N–H and O–H groups in total. The number of likely N-dealkylation sites (N-methyl/N-ethyl adjacent to an activating group) is 1. The molecule has 2 aromatic carbocycles. The van der Waals surface area contributed by atoms with E-state index in [9.17, 15) is 5.11 Å². The summed E-state index contributed by atoms with van der Waals surface area (Å²) in [6.45, 7) is 1.78. The van der Waals surface area contributed by atoms with E-state index < -0.39 is 0 Å². The van der Waals surface area contributed by atoms with Gasteiger partial charge in [-0.25, -0.2) is 0 Å². The molecule has 1 aliphatic heterocycles. The molecule has 2 aromatic rings. The Labute approximate surface area is 143 Å². The molecule has 1 atom stereocenters. The third-order valence-electron chi connectivity index (χ3n) is 4.71. The molecule has 1 heterocycles. The Bertz CT molecular complexity index is 669. The summed E-state index contributed by atoms with van der Waals surface area (Å²) in [5, 5.41) is 9.81. The van der Waals surface area contributed by atoms with Gasteiger partial charge in [0.25, 0.3) is 0 Å². The van der Waals surface area contributed by atoms with Crippen LogP contribution in [0.25, 0.3) is 0 Å². The highest BCUT2D eigenvalue weighted by molar-refractivity contribution is 5.40. The molecule has 0 saturated heterocycles. The second-order valence-electron chi connectivity index (χ2n) is 6.24. The average Bonchev–Trinajstić information content (AvgIpc) is 3.09. The number of aliphatic hydroxyl groups excluding tert-OH is 1. The van der Waals surface area contributed by atoms with Crippen molar-refractivity contribution in [2.75, 3.05) is 33.9 Å². The lowest BCUT2D eigenvalue weighted by Gasteiger charge is -2.27. The molecular weight excluding hydrogens is 302 g/mol. The lowest BCUT2D eigenvalue weighted by molar-refractivity contribution is 0.149. The maximum absolute atomic E-state index is 9.81. The zero-order chi connectivity index (χ0) is 16.9. The minimum Gasteiger partial charge on any atom is -0.497 e. The average molecular weight is 327 g/mol. The summed E-state index contributed by atoms with van der Waals surface area (Å²) in [5.41, 5.74) is 3.73. The van der Waals surface area contributed by atoms with Gasteiger partial charge in [-0.05, 0) is 48.4 Å². The van der Waals surface area contributed by atoms with E-state index in [1.807, 2.05) is 24.3 Å². The largest absolute Gasteiger partial charge is 0.497 e. The van der Waals surface area contributed by atoms with E-state index in [1.54, 1.807) is 7.11 Å². The molecule has 0 aliphatic carbocycles. The smallest absolute Gasteiger partial charge is 0.122 e. The van der Waals surface area contributed by atoms with Crippen molar-refractivity contribution in [1.82, 2.24) is 4.90 Å². The summed E-state index contributed by atoms with van der Waals surface area (Å²) in [6, 6.07) is 14.4. The number of benzene rings is 2. The number of hydrogen-bond acceptors (Lipinski definition) is 4. The molecule has 1 unspecified atom stereocenters. The van der Waals surface area contributed by atoms with E-state index in [0.717, 1.165) is 43.1 Å². The van der Waals surface area contributed by atoms with Crippen LogP contribution in [0.15, 0.2) is 42.5 Å². The first-order chi connectivity index (χ1) is 11.7. The SMILES string of the molecule is COc1ccc(C(CO)N(C)CCc2ccc3c(c2)CCO3)cc1. The molecule has 128 valence electrons. The van der Waals surface area contributed by atoms with Gasteiger partial charge in [0.05, 0.1) is 26.4 Å². The summed E-state index contributed by atoms with van der Waals surface area (Å²) in [6.07, 6.45) is 1.96. The molecule has 0 bridgehead atoms. The zero-order valence-corrected chi connectivity index (χ0v) is 14.4. The zero-order valence-electron chi connectivity index (χ0n) is 14.4. The Morgan fingerprint density at radius 2 is 2.00 bits per heavy atom. The van der Waals surface area contributed by atoms with Crippen LogP contribution in [0.1, 0.15) is 22.7 Å². The molecule has 0 spiro atoms. The second kappa shape index (κ2) is 7.69. The van der Waals surface area contributed by atoms with E-state index in [0.29, 0.717) is 0 Å². The van der Waals surface area contributed by atoms with E-state index in [1.165, 1.54) is 11.1 Å². The van der Waals surface area contributed by atoms with Gasteiger partial charge in [-0.15, -0.1) is 0 Å². The van der Waals surface area contributed by atoms with Crippen LogP contribution >= 0.6 is 0 Å². The van der Waals surface area contributed by atoms with Gasteiger partial charge in [0.1, 0.15) is 11.5 Å². The maximum Gasteiger partial charge on any atom is 0.122 e. The second-order valence-corrected chi connectivity index (χ2v) is 6.24. The van der Waals surface area contributed by atoms with Crippen molar-refractivity contribution in [2.24, 2.45) is 0 Å². The van der Waals surface area contributed by atoms with Crippen molar-refractivity contribution < 1.29 is 14.6 Å². The van der Waals surface area contributed by atoms with Crippen LogP contribution in [0.4, 0.5) is 0 Å². The van der Waals surface area contributed by atoms with Gasteiger partial charge in [0, 0.05) is 13.0 Å². The number of rotatable bonds is 7. The third-order valence-corrected chi connectivity index (χ3v) is 4.71. The van der Waals surface area contributed by atoms with E-state index in [4.69, 9.17) is 9.47 Å². The number of nitrogens with zero attached hydrogens (tertiary/aromatic N) is 1. The molecule has 0 fully saturated rings. The van der Waals surface area contributed by atoms with E-state index >= 15 is 0 Å². The summed E-state index contributed by atoms with van der Waals surface area (Å²) in [4.78, 5) is 2.20. The number of fused-ring (bicyclic) bond motifs is 1. The van der Waals surface area contributed by atoms with Gasteiger partial charge in [-0.3, -0.25) is 4.90 Å². The number of ether oxygens (including phenoxy) is 2. The van der Waals surface area contributed by atoms with Crippen LogP contribution < -0.4 is 9.47 Å². The maximum atomic E-state index is 9.81.